The molecule has 0 aliphatic rings. The van der Waals surface area contributed by atoms with Crippen LogP contribution < -0.4 is 5.32 Å². The third-order valence-electron chi connectivity index (χ3n) is 2.38. The second-order valence-electron chi connectivity index (χ2n) is 3.83. The van der Waals surface area contributed by atoms with E-state index in [9.17, 15) is 4.39 Å². The minimum Gasteiger partial charge on any atom is -0.309 e. The number of hydrogen-bond donors (Lipinski definition) is 1. The van der Waals surface area contributed by atoms with Crippen LogP contribution in [0.15, 0.2) is 18.2 Å². The molecule has 1 rings (SSSR count). The maximum atomic E-state index is 12.8. The number of nitriles is 1. The van der Waals surface area contributed by atoms with Gasteiger partial charge < -0.3 is 5.32 Å². The van der Waals surface area contributed by atoms with Crippen molar-refractivity contribution < 1.29 is 4.39 Å². The lowest BCUT2D eigenvalue weighted by atomic mass is 10.1. The van der Waals surface area contributed by atoms with Gasteiger partial charge in [-0.15, -0.1) is 0 Å². The number of benzene rings is 1. The van der Waals surface area contributed by atoms with Gasteiger partial charge in [-0.05, 0) is 31.5 Å². The second kappa shape index (κ2) is 5.83. The Kier molecular flexibility index (Phi) is 4.72. The molecule has 0 radical (unpaired) electrons. The van der Waals surface area contributed by atoms with Crippen LogP contribution in [-0.4, -0.2) is 6.54 Å². The highest BCUT2D eigenvalue weighted by molar-refractivity contribution is 6.31. The van der Waals surface area contributed by atoms with Crippen molar-refractivity contribution >= 4 is 11.6 Å². The molecule has 0 aliphatic carbocycles. The zero-order chi connectivity index (χ0) is 12.1. The number of nitrogens with zero attached hydrogens (tertiary/aromatic N) is 1. The Morgan fingerprint density at radius 1 is 1.50 bits per heavy atom. The van der Waals surface area contributed by atoms with E-state index in [0.717, 1.165) is 5.56 Å². The predicted molar refractivity (Wildman–Crippen MR) is 62.6 cm³/mol. The maximum Gasteiger partial charge on any atom is 0.124 e. The van der Waals surface area contributed by atoms with Gasteiger partial charge in [-0.2, -0.15) is 5.26 Å². The summed E-state index contributed by atoms with van der Waals surface area (Å²) in [5.41, 5.74) is 0.841. The molecule has 1 aromatic carbocycles. The van der Waals surface area contributed by atoms with E-state index in [2.05, 4.69) is 11.4 Å². The quantitative estimate of drug-likeness (QED) is 0.877. The van der Waals surface area contributed by atoms with Crippen molar-refractivity contribution in [3.05, 3.63) is 34.6 Å². The highest BCUT2D eigenvalue weighted by atomic mass is 35.5. The first-order valence-corrected chi connectivity index (χ1v) is 5.50. The summed E-state index contributed by atoms with van der Waals surface area (Å²) < 4.78 is 12.8. The Morgan fingerprint density at radius 3 is 2.75 bits per heavy atom. The smallest absolute Gasteiger partial charge is 0.124 e. The van der Waals surface area contributed by atoms with Crippen molar-refractivity contribution in [2.75, 3.05) is 6.54 Å². The predicted octanol–water partition coefficient (Wildman–Crippen LogP) is 3.29. The molecule has 0 aliphatic heterocycles. The lowest BCUT2D eigenvalue weighted by Gasteiger charge is -2.16. The standard InChI is InChI=1S/C12H14ClFN2/c1-8(6-15)7-16-9(2)11-4-3-10(14)5-12(11)13/h3-5,8-9,16H,7H2,1-2H3. The van der Waals surface area contributed by atoms with Gasteiger partial charge in [0.2, 0.25) is 0 Å². The van der Waals surface area contributed by atoms with Crippen molar-refractivity contribution in [1.29, 1.82) is 5.26 Å². The fourth-order valence-corrected chi connectivity index (χ4v) is 1.69. The summed E-state index contributed by atoms with van der Waals surface area (Å²) >= 11 is 5.93. The molecule has 16 heavy (non-hydrogen) atoms. The van der Waals surface area contributed by atoms with E-state index in [1.807, 2.05) is 13.8 Å². The van der Waals surface area contributed by atoms with Crippen LogP contribution in [0.5, 0.6) is 0 Å². The summed E-state index contributed by atoms with van der Waals surface area (Å²) in [6.45, 7) is 4.36. The van der Waals surface area contributed by atoms with Crippen LogP contribution >= 0.6 is 11.6 Å². The fourth-order valence-electron chi connectivity index (χ4n) is 1.36. The van der Waals surface area contributed by atoms with Gasteiger partial charge in [-0.1, -0.05) is 17.7 Å². The molecule has 0 saturated carbocycles. The van der Waals surface area contributed by atoms with Crippen LogP contribution in [0.3, 0.4) is 0 Å². The van der Waals surface area contributed by atoms with Gasteiger partial charge in [0, 0.05) is 17.6 Å². The van der Waals surface area contributed by atoms with Gasteiger partial charge >= 0.3 is 0 Å². The molecule has 2 nitrogen and oxygen atoms in total. The molecule has 4 heteroatoms. The summed E-state index contributed by atoms with van der Waals surface area (Å²) in [5, 5.41) is 12.2. The van der Waals surface area contributed by atoms with Gasteiger partial charge in [0.1, 0.15) is 5.82 Å². The highest BCUT2D eigenvalue weighted by Crippen LogP contribution is 2.23. The van der Waals surface area contributed by atoms with Crippen molar-refractivity contribution in [2.24, 2.45) is 5.92 Å². The Morgan fingerprint density at radius 2 is 2.19 bits per heavy atom. The Bertz CT molecular complexity index is 400. The van der Waals surface area contributed by atoms with Crippen molar-refractivity contribution in [1.82, 2.24) is 5.32 Å². The summed E-state index contributed by atoms with van der Waals surface area (Å²) in [5.74, 6) is -0.395. The van der Waals surface area contributed by atoms with E-state index in [0.29, 0.717) is 11.6 Å². The van der Waals surface area contributed by atoms with Crippen molar-refractivity contribution in [2.45, 2.75) is 19.9 Å². The monoisotopic (exact) mass is 240 g/mol. The summed E-state index contributed by atoms with van der Waals surface area (Å²) in [6, 6.07) is 6.48. The highest BCUT2D eigenvalue weighted by Gasteiger charge is 2.10. The molecule has 0 heterocycles. The Hall–Kier alpha value is -1.11. The SMILES string of the molecule is CC(C#N)CNC(C)c1ccc(F)cc1Cl. The number of rotatable bonds is 4. The largest absolute Gasteiger partial charge is 0.309 e. The van der Waals surface area contributed by atoms with Gasteiger partial charge in [-0.25, -0.2) is 4.39 Å². The van der Waals surface area contributed by atoms with E-state index >= 15 is 0 Å². The minimum absolute atomic E-state index is 0.00361. The van der Waals surface area contributed by atoms with Crippen LogP contribution in [0.25, 0.3) is 0 Å². The molecule has 2 atom stereocenters. The fraction of sp³-hybridized carbons (Fsp3) is 0.417. The Balaban J connectivity index is 2.66. The molecule has 0 aromatic heterocycles. The molecular weight excluding hydrogens is 227 g/mol. The van der Waals surface area contributed by atoms with Crippen molar-refractivity contribution in [3.63, 3.8) is 0 Å². The number of nitrogens with one attached hydrogen (secondary N) is 1. The first kappa shape index (κ1) is 13.0. The van der Waals surface area contributed by atoms with Gasteiger partial charge in [0.25, 0.3) is 0 Å². The third-order valence-corrected chi connectivity index (χ3v) is 2.71. The van der Waals surface area contributed by atoms with E-state index in [1.165, 1.54) is 12.1 Å². The lowest BCUT2D eigenvalue weighted by Crippen LogP contribution is -2.24. The number of hydrogen-bond acceptors (Lipinski definition) is 2. The zero-order valence-corrected chi connectivity index (χ0v) is 10.1. The van der Waals surface area contributed by atoms with E-state index in [-0.39, 0.29) is 17.8 Å². The van der Waals surface area contributed by atoms with Gasteiger partial charge in [-0.3, -0.25) is 0 Å². The van der Waals surface area contributed by atoms with Gasteiger partial charge in [0.05, 0.1) is 12.0 Å². The molecule has 0 fully saturated rings. The zero-order valence-electron chi connectivity index (χ0n) is 9.30. The van der Waals surface area contributed by atoms with Crippen LogP contribution in [0.4, 0.5) is 4.39 Å². The summed E-state index contributed by atoms with van der Waals surface area (Å²) in [6.07, 6.45) is 0. The van der Waals surface area contributed by atoms with E-state index in [4.69, 9.17) is 16.9 Å². The topological polar surface area (TPSA) is 35.8 Å². The molecule has 0 spiro atoms. The minimum atomic E-state index is -0.341. The Labute approximate surface area is 100 Å². The molecule has 0 saturated heterocycles. The molecule has 1 N–H and O–H groups in total. The maximum absolute atomic E-state index is 12.8. The first-order chi connectivity index (χ1) is 7.54. The molecule has 86 valence electrons. The van der Waals surface area contributed by atoms with Crippen molar-refractivity contribution in [3.8, 4) is 6.07 Å². The van der Waals surface area contributed by atoms with Crippen LogP contribution in [-0.2, 0) is 0 Å². The molecule has 2 unspecified atom stereocenters. The van der Waals surface area contributed by atoms with E-state index < -0.39 is 0 Å². The second-order valence-corrected chi connectivity index (χ2v) is 4.23. The molecular formula is C12H14ClFN2. The molecule has 1 aromatic rings. The average molecular weight is 241 g/mol. The first-order valence-electron chi connectivity index (χ1n) is 5.12. The third kappa shape index (κ3) is 3.48. The normalized spacial score (nSPS) is 14.2. The average Bonchev–Trinajstić information content (AvgIpc) is 2.25. The van der Waals surface area contributed by atoms with Crippen LogP contribution in [0.2, 0.25) is 5.02 Å². The van der Waals surface area contributed by atoms with Gasteiger partial charge in [0.15, 0.2) is 0 Å². The number of halogens is 2. The summed E-state index contributed by atoms with van der Waals surface area (Å²) in [4.78, 5) is 0. The van der Waals surface area contributed by atoms with E-state index in [1.54, 1.807) is 6.07 Å². The van der Waals surface area contributed by atoms with Crippen LogP contribution in [0.1, 0.15) is 25.5 Å². The molecule has 0 bridgehead atoms. The lowest BCUT2D eigenvalue weighted by molar-refractivity contribution is 0.527. The molecule has 0 amide bonds. The van der Waals surface area contributed by atoms with Crippen LogP contribution in [0, 0.1) is 23.1 Å². The summed E-state index contributed by atoms with van der Waals surface area (Å²) in [7, 11) is 0.